The van der Waals surface area contributed by atoms with Crippen molar-refractivity contribution in [2.75, 3.05) is 45.2 Å². The van der Waals surface area contributed by atoms with E-state index in [1.54, 1.807) is 41.0 Å². The number of anilines is 1. The third kappa shape index (κ3) is 4.77. The smallest absolute Gasteiger partial charge is 0.338 e. The van der Waals surface area contributed by atoms with Crippen LogP contribution in [0.3, 0.4) is 0 Å². The molecular formula is C21H25N3O5. The van der Waals surface area contributed by atoms with Gasteiger partial charge in [0.2, 0.25) is 0 Å². The van der Waals surface area contributed by atoms with E-state index in [1.807, 2.05) is 31.1 Å². The van der Waals surface area contributed by atoms with Crippen LogP contribution in [0.5, 0.6) is 0 Å². The number of ether oxygens (including phenoxy) is 1. The maximum atomic E-state index is 12.6. The Labute approximate surface area is 169 Å². The number of hydrogen-bond acceptors (Lipinski definition) is 6. The van der Waals surface area contributed by atoms with E-state index >= 15 is 0 Å². The molecule has 0 spiro atoms. The number of carbonyl (C=O) groups excluding carboxylic acids is 3. The predicted octanol–water partition coefficient (Wildman–Crippen LogP) is 1.88. The molecule has 2 heterocycles. The van der Waals surface area contributed by atoms with E-state index in [0.29, 0.717) is 31.7 Å². The van der Waals surface area contributed by atoms with E-state index in [2.05, 4.69) is 0 Å². The number of esters is 1. The Hall–Kier alpha value is -3.29. The molecule has 0 saturated carbocycles. The molecule has 1 aromatic carbocycles. The van der Waals surface area contributed by atoms with Gasteiger partial charge in [-0.1, -0.05) is 0 Å². The van der Waals surface area contributed by atoms with Gasteiger partial charge in [0.05, 0.1) is 11.8 Å². The molecule has 3 rings (SSSR count). The lowest BCUT2D eigenvalue weighted by atomic mass is 10.2. The molecule has 2 amide bonds. The number of hydrogen-bond donors (Lipinski definition) is 0. The second-order valence-corrected chi connectivity index (χ2v) is 7.08. The fourth-order valence-electron chi connectivity index (χ4n) is 3.12. The summed E-state index contributed by atoms with van der Waals surface area (Å²) in [5.74, 6) is -0.716. The molecule has 2 aromatic rings. The zero-order chi connectivity index (χ0) is 21.0. The van der Waals surface area contributed by atoms with Crippen molar-refractivity contribution in [3.05, 3.63) is 54.0 Å². The molecule has 1 saturated heterocycles. The highest BCUT2D eigenvalue weighted by atomic mass is 16.5. The third-order valence-electron chi connectivity index (χ3n) is 4.86. The van der Waals surface area contributed by atoms with Gasteiger partial charge in [-0.05, 0) is 43.3 Å². The van der Waals surface area contributed by atoms with Crippen molar-refractivity contribution >= 4 is 23.5 Å². The number of piperazine rings is 1. The van der Waals surface area contributed by atoms with E-state index in [4.69, 9.17) is 9.15 Å². The third-order valence-corrected chi connectivity index (χ3v) is 4.86. The molecule has 0 radical (unpaired) electrons. The summed E-state index contributed by atoms with van der Waals surface area (Å²) in [6.07, 6.45) is 0.556. The molecule has 0 bridgehead atoms. The fraction of sp³-hybridized carbons (Fsp3) is 0.381. The van der Waals surface area contributed by atoms with Gasteiger partial charge in [-0.3, -0.25) is 9.59 Å². The summed E-state index contributed by atoms with van der Waals surface area (Å²) in [6, 6.07) is 10.3. The van der Waals surface area contributed by atoms with Gasteiger partial charge in [-0.15, -0.1) is 0 Å². The molecular weight excluding hydrogens is 374 g/mol. The minimum Gasteiger partial charge on any atom is -0.459 e. The maximum absolute atomic E-state index is 12.6. The zero-order valence-corrected chi connectivity index (χ0v) is 16.8. The Morgan fingerprint density at radius 3 is 2.17 bits per heavy atom. The van der Waals surface area contributed by atoms with E-state index < -0.39 is 12.1 Å². The summed E-state index contributed by atoms with van der Waals surface area (Å²) in [7, 11) is 3.83. The molecule has 8 heteroatoms. The first kappa shape index (κ1) is 20.4. The molecule has 0 N–H and O–H groups in total. The topological polar surface area (TPSA) is 83.3 Å². The molecule has 0 unspecified atom stereocenters. The summed E-state index contributed by atoms with van der Waals surface area (Å²) in [4.78, 5) is 42.4. The van der Waals surface area contributed by atoms with Gasteiger partial charge in [0.15, 0.2) is 11.9 Å². The first-order valence-corrected chi connectivity index (χ1v) is 9.46. The van der Waals surface area contributed by atoms with Crippen LogP contribution in [0, 0.1) is 0 Å². The van der Waals surface area contributed by atoms with Gasteiger partial charge in [0.25, 0.3) is 11.8 Å². The van der Waals surface area contributed by atoms with E-state index in [9.17, 15) is 14.4 Å². The van der Waals surface area contributed by atoms with E-state index in [0.717, 1.165) is 5.69 Å². The quantitative estimate of drug-likeness (QED) is 0.714. The number of rotatable bonds is 5. The van der Waals surface area contributed by atoms with Gasteiger partial charge >= 0.3 is 5.97 Å². The minimum atomic E-state index is -0.900. The predicted molar refractivity (Wildman–Crippen MR) is 107 cm³/mol. The number of nitrogens with zero attached hydrogens (tertiary/aromatic N) is 3. The van der Waals surface area contributed by atoms with Gasteiger partial charge in [-0.25, -0.2) is 4.79 Å². The molecule has 1 aliphatic rings. The number of furan rings is 1. The first-order chi connectivity index (χ1) is 13.9. The van der Waals surface area contributed by atoms with Crippen LogP contribution in [0.15, 0.2) is 47.1 Å². The molecule has 29 heavy (non-hydrogen) atoms. The summed E-state index contributed by atoms with van der Waals surface area (Å²) >= 11 is 0. The lowest BCUT2D eigenvalue weighted by molar-refractivity contribution is -0.141. The van der Waals surface area contributed by atoms with Gasteiger partial charge in [0, 0.05) is 46.0 Å². The SMILES string of the molecule is C[C@H](OC(=O)c1ccc(N(C)C)cc1)C(=O)N1CCN(C(=O)c2ccco2)CC1. The van der Waals surface area contributed by atoms with E-state index in [1.165, 1.54) is 6.26 Å². The number of carbonyl (C=O) groups is 3. The first-order valence-electron chi connectivity index (χ1n) is 9.46. The Bertz CT molecular complexity index is 853. The van der Waals surface area contributed by atoms with Gasteiger partial charge in [-0.2, -0.15) is 0 Å². The van der Waals surface area contributed by atoms with Gasteiger partial charge in [0.1, 0.15) is 0 Å². The van der Waals surface area contributed by atoms with Crippen LogP contribution < -0.4 is 4.90 Å². The van der Waals surface area contributed by atoms with Crippen molar-refractivity contribution in [2.24, 2.45) is 0 Å². The van der Waals surface area contributed by atoms with Crippen LogP contribution in [0.1, 0.15) is 27.8 Å². The average molecular weight is 399 g/mol. The number of benzene rings is 1. The van der Waals surface area contributed by atoms with Crippen molar-refractivity contribution in [1.29, 1.82) is 0 Å². The summed E-state index contributed by atoms with van der Waals surface area (Å²) in [5.41, 5.74) is 1.36. The standard InChI is InChI=1S/C21H25N3O5/c1-15(29-21(27)16-6-8-17(9-7-16)22(2)3)19(25)23-10-12-24(13-11-23)20(26)18-5-4-14-28-18/h4-9,14-15H,10-13H2,1-3H3/t15-/m0/s1. The van der Waals surface area contributed by atoms with Crippen molar-refractivity contribution in [2.45, 2.75) is 13.0 Å². The molecule has 1 aromatic heterocycles. The highest BCUT2D eigenvalue weighted by molar-refractivity contribution is 5.93. The molecule has 1 atom stereocenters. The van der Waals surface area contributed by atoms with E-state index in [-0.39, 0.29) is 17.6 Å². The summed E-state index contributed by atoms with van der Waals surface area (Å²) < 4.78 is 10.5. The molecule has 1 fully saturated rings. The monoisotopic (exact) mass is 399 g/mol. The maximum Gasteiger partial charge on any atom is 0.338 e. The summed E-state index contributed by atoms with van der Waals surface area (Å²) in [6.45, 7) is 3.13. The normalized spacial score (nSPS) is 15.0. The second kappa shape index (κ2) is 8.81. The lowest BCUT2D eigenvalue weighted by Gasteiger charge is -2.35. The average Bonchev–Trinajstić information content (AvgIpc) is 3.27. The van der Waals surface area contributed by atoms with Crippen LogP contribution in [0.25, 0.3) is 0 Å². The summed E-state index contributed by atoms with van der Waals surface area (Å²) in [5, 5.41) is 0. The second-order valence-electron chi connectivity index (χ2n) is 7.08. The minimum absolute atomic E-state index is 0.192. The fourth-order valence-corrected chi connectivity index (χ4v) is 3.12. The zero-order valence-electron chi connectivity index (χ0n) is 16.8. The van der Waals surface area contributed by atoms with Crippen LogP contribution in [0.2, 0.25) is 0 Å². The van der Waals surface area contributed by atoms with Crippen LogP contribution in [0.4, 0.5) is 5.69 Å². The highest BCUT2D eigenvalue weighted by Gasteiger charge is 2.29. The van der Waals surface area contributed by atoms with Gasteiger partial charge < -0.3 is 23.9 Å². The van der Waals surface area contributed by atoms with Crippen LogP contribution in [-0.4, -0.2) is 74.0 Å². The Kier molecular flexibility index (Phi) is 6.21. The van der Waals surface area contributed by atoms with Crippen molar-refractivity contribution in [3.63, 3.8) is 0 Å². The van der Waals surface area contributed by atoms with Crippen molar-refractivity contribution < 1.29 is 23.5 Å². The Balaban J connectivity index is 1.51. The molecule has 8 nitrogen and oxygen atoms in total. The van der Waals surface area contributed by atoms with Crippen molar-refractivity contribution in [3.8, 4) is 0 Å². The molecule has 1 aliphatic heterocycles. The Morgan fingerprint density at radius 2 is 1.62 bits per heavy atom. The largest absolute Gasteiger partial charge is 0.459 e. The number of amides is 2. The molecule has 154 valence electrons. The Morgan fingerprint density at radius 1 is 1.00 bits per heavy atom. The van der Waals surface area contributed by atoms with Crippen LogP contribution >= 0.6 is 0 Å². The van der Waals surface area contributed by atoms with Crippen LogP contribution in [-0.2, 0) is 9.53 Å². The lowest BCUT2D eigenvalue weighted by Crippen LogP contribution is -2.53. The van der Waals surface area contributed by atoms with Crippen molar-refractivity contribution in [1.82, 2.24) is 9.80 Å². The highest BCUT2D eigenvalue weighted by Crippen LogP contribution is 2.15. The molecule has 0 aliphatic carbocycles.